The van der Waals surface area contributed by atoms with Crippen LogP contribution < -0.4 is 21.3 Å². The maximum atomic E-state index is 12.6. The number of aliphatic carboxylic acids is 2. The summed E-state index contributed by atoms with van der Waals surface area (Å²) in [6.45, 7) is 5.26. The molecule has 0 aliphatic rings. The normalized spacial score (nSPS) is 12.3. The third-order valence-corrected chi connectivity index (χ3v) is 4.78. The molecule has 0 bridgehead atoms. The molecular weight excluding hydrogens is 484 g/mol. The second kappa shape index (κ2) is 15.0. The number of carbonyl (C=O) groups is 5. The number of nitrogens with one attached hydrogen (secondary N) is 4. The van der Waals surface area contributed by atoms with E-state index in [0.29, 0.717) is 24.1 Å². The lowest BCUT2D eigenvalue weighted by Gasteiger charge is -2.25. The molecule has 0 saturated carbocycles. The molecule has 6 N–H and O–H groups in total. The topological polar surface area (TPSA) is 183 Å². The fraction of sp³-hybridized carbons (Fsp3) is 0.480. The van der Waals surface area contributed by atoms with Crippen LogP contribution in [0.2, 0.25) is 0 Å². The lowest BCUT2D eigenvalue weighted by Crippen LogP contribution is -2.52. The second-order valence-electron chi connectivity index (χ2n) is 9.09. The van der Waals surface area contributed by atoms with Crippen molar-refractivity contribution >= 4 is 35.7 Å². The Hall–Kier alpha value is -4.27. The summed E-state index contributed by atoms with van der Waals surface area (Å²) in [6.07, 6.45) is 5.65. The second-order valence-corrected chi connectivity index (χ2v) is 9.09. The van der Waals surface area contributed by atoms with E-state index in [1.54, 1.807) is 45.0 Å². The van der Waals surface area contributed by atoms with Gasteiger partial charge in [-0.1, -0.05) is 18.1 Å². The number of hydrogen-bond donors (Lipinski definition) is 6. The smallest absolute Gasteiger partial charge is 0.329 e. The van der Waals surface area contributed by atoms with Crippen LogP contribution in [0.4, 0.5) is 15.3 Å². The van der Waals surface area contributed by atoms with Crippen LogP contribution >= 0.6 is 0 Å². The molecule has 37 heavy (non-hydrogen) atoms. The summed E-state index contributed by atoms with van der Waals surface area (Å²) in [5, 5.41) is 27.9. The SMILES string of the molecule is C#Cc1ccccc1NC(=O)NCCCC[C@H](NC(=O)N[C@@H](CCC(=O)O)C(=O)O)C(=O)OC(C)(C)C. The highest BCUT2D eigenvalue weighted by atomic mass is 16.6. The summed E-state index contributed by atoms with van der Waals surface area (Å²) in [5.41, 5.74) is 0.202. The molecule has 1 aromatic rings. The average molecular weight is 519 g/mol. The first-order chi connectivity index (χ1) is 17.3. The molecule has 0 radical (unpaired) electrons. The van der Waals surface area contributed by atoms with E-state index in [9.17, 15) is 29.1 Å². The van der Waals surface area contributed by atoms with Gasteiger partial charge in [-0.15, -0.1) is 6.42 Å². The van der Waals surface area contributed by atoms with Crippen molar-refractivity contribution in [3.8, 4) is 12.3 Å². The number of para-hydroxylation sites is 1. The molecular formula is C25H34N4O8. The van der Waals surface area contributed by atoms with Crippen molar-refractivity contribution in [2.75, 3.05) is 11.9 Å². The van der Waals surface area contributed by atoms with E-state index in [4.69, 9.17) is 16.3 Å². The number of urea groups is 2. The summed E-state index contributed by atoms with van der Waals surface area (Å²) in [5.74, 6) is -0.843. The van der Waals surface area contributed by atoms with Gasteiger partial charge in [-0.05, 0) is 58.6 Å². The first-order valence-electron chi connectivity index (χ1n) is 11.7. The lowest BCUT2D eigenvalue weighted by atomic mass is 10.1. The largest absolute Gasteiger partial charge is 0.481 e. The monoisotopic (exact) mass is 518 g/mol. The van der Waals surface area contributed by atoms with Crippen LogP contribution in [0.3, 0.4) is 0 Å². The predicted molar refractivity (Wildman–Crippen MR) is 135 cm³/mol. The first kappa shape index (κ1) is 30.8. The standard InChI is InChI=1S/C25H34N4O8/c1-5-16-10-6-7-11-17(16)27-23(35)26-15-9-8-12-19(22(34)37-25(2,3)4)29-24(36)28-18(21(32)33)13-14-20(30)31/h1,6-7,10-11,18-19H,8-9,12-15H2,2-4H3,(H,30,31)(H,32,33)(H2,26,27,35)(H2,28,29,36)/t18-,19-/m0/s1. The van der Waals surface area contributed by atoms with Crippen molar-refractivity contribution in [2.45, 2.75) is 70.6 Å². The Morgan fingerprint density at radius 3 is 2.22 bits per heavy atom. The molecule has 202 valence electrons. The molecule has 1 rings (SSSR count). The van der Waals surface area contributed by atoms with E-state index in [2.05, 4.69) is 27.2 Å². The molecule has 0 fully saturated rings. The molecule has 0 aromatic heterocycles. The molecule has 0 unspecified atom stereocenters. The van der Waals surface area contributed by atoms with E-state index in [1.807, 2.05) is 0 Å². The average Bonchev–Trinajstić information content (AvgIpc) is 2.79. The van der Waals surface area contributed by atoms with Crippen LogP contribution in [0, 0.1) is 12.3 Å². The molecule has 2 atom stereocenters. The van der Waals surface area contributed by atoms with Crippen molar-refractivity contribution in [2.24, 2.45) is 0 Å². The number of amides is 4. The molecule has 1 aromatic carbocycles. The highest BCUT2D eigenvalue weighted by Crippen LogP contribution is 2.14. The molecule has 4 amide bonds. The minimum atomic E-state index is -1.45. The van der Waals surface area contributed by atoms with Gasteiger partial charge >= 0.3 is 30.0 Å². The third-order valence-electron chi connectivity index (χ3n) is 4.78. The van der Waals surface area contributed by atoms with Crippen LogP contribution in [-0.4, -0.2) is 64.4 Å². The van der Waals surface area contributed by atoms with Gasteiger partial charge in [-0.25, -0.2) is 19.2 Å². The maximum Gasteiger partial charge on any atom is 0.329 e. The summed E-state index contributed by atoms with van der Waals surface area (Å²) >= 11 is 0. The fourth-order valence-electron chi connectivity index (χ4n) is 3.07. The number of carboxylic acids is 2. The van der Waals surface area contributed by atoms with Crippen molar-refractivity contribution in [3.05, 3.63) is 29.8 Å². The molecule has 12 heteroatoms. The van der Waals surface area contributed by atoms with E-state index in [-0.39, 0.29) is 19.4 Å². The zero-order chi connectivity index (χ0) is 28.0. The van der Waals surface area contributed by atoms with Crippen LogP contribution in [0.1, 0.15) is 58.4 Å². The number of benzene rings is 1. The van der Waals surface area contributed by atoms with E-state index in [1.165, 1.54) is 0 Å². The molecule has 0 aliphatic carbocycles. The molecule has 0 saturated heterocycles. The van der Waals surface area contributed by atoms with E-state index in [0.717, 1.165) is 0 Å². The molecule has 12 nitrogen and oxygen atoms in total. The first-order valence-corrected chi connectivity index (χ1v) is 11.7. The Morgan fingerprint density at radius 1 is 0.973 bits per heavy atom. The van der Waals surface area contributed by atoms with E-state index >= 15 is 0 Å². The zero-order valence-electron chi connectivity index (χ0n) is 21.1. The van der Waals surface area contributed by atoms with Gasteiger partial charge in [0.2, 0.25) is 0 Å². The highest BCUT2D eigenvalue weighted by molar-refractivity contribution is 5.90. The molecule has 0 spiro atoms. The number of ether oxygens (including phenoxy) is 1. The summed E-state index contributed by atoms with van der Waals surface area (Å²) in [4.78, 5) is 59.2. The minimum absolute atomic E-state index is 0.151. The fourth-order valence-corrected chi connectivity index (χ4v) is 3.07. The summed E-state index contributed by atoms with van der Waals surface area (Å²) in [7, 11) is 0. The predicted octanol–water partition coefficient (Wildman–Crippen LogP) is 2.29. The summed E-state index contributed by atoms with van der Waals surface area (Å²) in [6, 6.07) is 2.92. The number of hydrogen-bond acceptors (Lipinski definition) is 6. The van der Waals surface area contributed by atoms with Gasteiger partial charge in [0, 0.05) is 18.5 Å². The van der Waals surface area contributed by atoms with Crippen LogP contribution in [0.15, 0.2) is 24.3 Å². The number of unbranched alkanes of at least 4 members (excludes halogenated alkanes) is 1. The number of anilines is 1. The minimum Gasteiger partial charge on any atom is -0.481 e. The van der Waals surface area contributed by atoms with Crippen molar-refractivity contribution in [1.29, 1.82) is 0 Å². The Bertz CT molecular complexity index is 1010. The Kier molecular flexibility index (Phi) is 12.5. The maximum absolute atomic E-state index is 12.6. The van der Waals surface area contributed by atoms with Gasteiger partial charge in [-0.2, -0.15) is 0 Å². The van der Waals surface area contributed by atoms with Crippen LogP contribution in [0.25, 0.3) is 0 Å². The zero-order valence-corrected chi connectivity index (χ0v) is 21.1. The van der Waals surface area contributed by atoms with Gasteiger partial charge in [0.05, 0.1) is 5.69 Å². The van der Waals surface area contributed by atoms with Crippen LogP contribution in [-0.2, 0) is 19.1 Å². The van der Waals surface area contributed by atoms with Gasteiger partial charge < -0.3 is 36.2 Å². The van der Waals surface area contributed by atoms with Crippen molar-refractivity contribution in [3.63, 3.8) is 0 Å². The third kappa shape index (κ3) is 12.8. The highest BCUT2D eigenvalue weighted by Gasteiger charge is 2.28. The number of carboxylic acid groups (broad SMARTS) is 2. The number of carbonyl (C=O) groups excluding carboxylic acids is 3. The van der Waals surface area contributed by atoms with Gasteiger partial charge in [0.15, 0.2) is 0 Å². The quantitative estimate of drug-likeness (QED) is 0.130. The van der Waals surface area contributed by atoms with Crippen molar-refractivity contribution < 1.29 is 38.9 Å². The number of terminal acetylenes is 1. The van der Waals surface area contributed by atoms with Crippen molar-refractivity contribution in [1.82, 2.24) is 16.0 Å². The Labute approximate surface area is 215 Å². The van der Waals surface area contributed by atoms with Gasteiger partial charge in [-0.3, -0.25) is 4.79 Å². The lowest BCUT2D eigenvalue weighted by molar-refractivity contribution is -0.157. The molecule has 0 heterocycles. The Balaban J connectivity index is 2.63. The van der Waals surface area contributed by atoms with Gasteiger partial charge in [0.25, 0.3) is 0 Å². The van der Waals surface area contributed by atoms with E-state index < -0.39 is 54.1 Å². The number of rotatable bonds is 13. The van der Waals surface area contributed by atoms with Crippen LogP contribution in [0.5, 0.6) is 0 Å². The molecule has 0 aliphatic heterocycles. The summed E-state index contributed by atoms with van der Waals surface area (Å²) < 4.78 is 5.34. The number of esters is 1. The van der Waals surface area contributed by atoms with Gasteiger partial charge in [0.1, 0.15) is 17.7 Å². The Morgan fingerprint density at radius 2 is 1.62 bits per heavy atom.